The Morgan fingerprint density at radius 1 is 1.06 bits per heavy atom. The summed E-state index contributed by atoms with van der Waals surface area (Å²) in [6, 6.07) is 13.0. The fraction of sp³-hybridized carbons (Fsp3) is 0.385. The zero-order valence-corrected chi connectivity index (χ0v) is 19.8. The van der Waals surface area contributed by atoms with Gasteiger partial charge >= 0.3 is 0 Å². The maximum absolute atomic E-state index is 12.9. The molecule has 0 bridgehead atoms. The van der Waals surface area contributed by atoms with E-state index in [2.05, 4.69) is 12.0 Å². The van der Waals surface area contributed by atoms with Gasteiger partial charge in [0.1, 0.15) is 0 Å². The van der Waals surface area contributed by atoms with Gasteiger partial charge in [-0.15, -0.1) is 0 Å². The number of methoxy groups -OCH3 is 1. The van der Waals surface area contributed by atoms with Gasteiger partial charge in [0, 0.05) is 0 Å². The highest BCUT2D eigenvalue weighted by atomic mass is 35.5. The Morgan fingerprint density at radius 3 is 2.50 bits per heavy atom. The van der Waals surface area contributed by atoms with Crippen molar-refractivity contribution in [3.8, 4) is 11.5 Å². The molecule has 0 saturated heterocycles. The van der Waals surface area contributed by atoms with Crippen LogP contribution in [-0.2, 0) is 4.79 Å². The summed E-state index contributed by atoms with van der Waals surface area (Å²) in [6.07, 6.45) is 8.93. The lowest BCUT2D eigenvalue weighted by atomic mass is 10.1. The van der Waals surface area contributed by atoms with Gasteiger partial charge < -0.3 is 9.47 Å². The first-order valence-electron chi connectivity index (χ1n) is 11.2. The van der Waals surface area contributed by atoms with E-state index < -0.39 is 0 Å². The molecular formula is C26H31ClN2O3. The Hall–Kier alpha value is -2.79. The number of carbonyl (C=O) groups excluding carboxylic acids is 1. The Bertz CT molecular complexity index is 986. The number of ether oxygens (including phenoxy) is 2. The number of hydrogen-bond donors (Lipinski definition) is 0. The minimum absolute atomic E-state index is 0.174. The van der Waals surface area contributed by atoms with Gasteiger partial charge in [0.15, 0.2) is 11.5 Å². The molecule has 5 nitrogen and oxygen atoms in total. The molecule has 0 N–H and O–H groups in total. The third kappa shape index (κ3) is 5.92. The van der Waals surface area contributed by atoms with Crippen molar-refractivity contribution in [3.63, 3.8) is 0 Å². The summed E-state index contributed by atoms with van der Waals surface area (Å²) in [6.45, 7) is 4.63. The van der Waals surface area contributed by atoms with Crippen LogP contribution in [0.15, 0.2) is 53.1 Å². The van der Waals surface area contributed by atoms with Crippen LogP contribution < -0.4 is 14.5 Å². The highest BCUT2D eigenvalue weighted by Crippen LogP contribution is 2.37. The molecule has 170 valence electrons. The number of anilines is 1. The third-order valence-corrected chi connectivity index (χ3v) is 5.65. The van der Waals surface area contributed by atoms with Crippen molar-refractivity contribution in [1.29, 1.82) is 0 Å². The van der Waals surface area contributed by atoms with Gasteiger partial charge in [-0.3, -0.25) is 4.79 Å². The first-order valence-corrected chi connectivity index (χ1v) is 11.6. The number of rotatable bonds is 11. The predicted molar refractivity (Wildman–Crippen MR) is 132 cm³/mol. The van der Waals surface area contributed by atoms with Gasteiger partial charge in [-0.1, -0.05) is 68.8 Å². The van der Waals surface area contributed by atoms with Crippen molar-refractivity contribution in [2.45, 2.75) is 52.4 Å². The largest absolute Gasteiger partial charge is 0.493 e. The van der Waals surface area contributed by atoms with Gasteiger partial charge in [0.25, 0.3) is 5.91 Å². The number of halogens is 1. The van der Waals surface area contributed by atoms with Crippen molar-refractivity contribution in [3.05, 3.63) is 58.6 Å². The number of carbonyl (C=O) groups is 1. The molecule has 1 heterocycles. The minimum Gasteiger partial charge on any atom is -0.493 e. The molecule has 0 saturated carbocycles. The smallest absolute Gasteiger partial charge is 0.280 e. The summed E-state index contributed by atoms with van der Waals surface area (Å²) in [5.41, 5.74) is 2.66. The number of benzene rings is 2. The molecule has 0 radical (unpaired) electrons. The highest BCUT2D eigenvalue weighted by molar-refractivity contribution is 6.33. The third-order valence-electron chi connectivity index (χ3n) is 5.37. The summed E-state index contributed by atoms with van der Waals surface area (Å²) in [5, 5.41) is 6.29. The zero-order valence-electron chi connectivity index (χ0n) is 19.1. The second kappa shape index (κ2) is 11.7. The molecule has 0 unspecified atom stereocenters. The monoisotopic (exact) mass is 454 g/mol. The molecule has 1 aliphatic rings. The van der Waals surface area contributed by atoms with Crippen LogP contribution in [0, 0.1) is 0 Å². The molecular weight excluding hydrogens is 424 g/mol. The summed E-state index contributed by atoms with van der Waals surface area (Å²) in [7, 11) is 1.59. The predicted octanol–water partition coefficient (Wildman–Crippen LogP) is 6.89. The Labute approximate surface area is 195 Å². The first kappa shape index (κ1) is 23.9. The topological polar surface area (TPSA) is 51.1 Å². The van der Waals surface area contributed by atoms with Crippen molar-refractivity contribution in [2.24, 2.45) is 5.10 Å². The molecule has 0 aliphatic carbocycles. The SMILES string of the molecule is CCCCCCCCOc1c(Cl)cc(/C=C2\C(=O)N(c3ccccc3)N=C2C)cc1OC. The van der Waals surface area contributed by atoms with E-state index in [1.807, 2.05) is 43.3 Å². The quantitative estimate of drug-likeness (QED) is 0.274. The van der Waals surface area contributed by atoms with Crippen LogP contribution in [0.4, 0.5) is 5.69 Å². The number of hydrogen-bond acceptors (Lipinski definition) is 4. The van der Waals surface area contributed by atoms with E-state index in [-0.39, 0.29) is 5.91 Å². The number of hydrazone groups is 1. The zero-order chi connectivity index (χ0) is 22.9. The Kier molecular flexibility index (Phi) is 8.74. The van der Waals surface area contributed by atoms with Crippen molar-refractivity contribution >= 4 is 35.0 Å². The molecule has 0 atom stereocenters. The van der Waals surface area contributed by atoms with Crippen LogP contribution in [0.5, 0.6) is 11.5 Å². The molecule has 2 aromatic rings. The molecule has 3 rings (SSSR count). The van der Waals surface area contributed by atoms with E-state index in [1.165, 1.54) is 30.7 Å². The summed E-state index contributed by atoms with van der Waals surface area (Å²) >= 11 is 6.52. The lowest BCUT2D eigenvalue weighted by Crippen LogP contribution is -2.21. The van der Waals surface area contributed by atoms with Crippen molar-refractivity contribution in [2.75, 3.05) is 18.7 Å². The highest BCUT2D eigenvalue weighted by Gasteiger charge is 2.28. The molecule has 0 aromatic heterocycles. The normalized spacial score (nSPS) is 14.8. The van der Waals surface area contributed by atoms with Gasteiger partial charge in [-0.05, 0) is 49.2 Å². The second-order valence-electron chi connectivity index (χ2n) is 7.85. The fourth-order valence-corrected chi connectivity index (χ4v) is 3.89. The summed E-state index contributed by atoms with van der Waals surface area (Å²) in [4.78, 5) is 12.9. The lowest BCUT2D eigenvalue weighted by molar-refractivity contribution is -0.114. The first-order chi connectivity index (χ1) is 15.5. The molecule has 32 heavy (non-hydrogen) atoms. The number of nitrogens with zero attached hydrogens (tertiary/aromatic N) is 2. The van der Waals surface area contributed by atoms with Crippen LogP contribution >= 0.6 is 11.6 Å². The van der Waals surface area contributed by atoms with Gasteiger partial charge in [-0.2, -0.15) is 10.1 Å². The standard InChI is InChI=1S/C26H31ClN2O3/c1-4-5-6-7-8-12-15-32-25-23(27)17-20(18-24(25)31-3)16-22-19(2)28-29(26(22)30)21-13-10-9-11-14-21/h9-11,13-14,16-18H,4-8,12,15H2,1-3H3/b22-16-. The second-order valence-corrected chi connectivity index (χ2v) is 8.25. The van der Waals surface area contributed by atoms with Crippen LogP contribution in [0.1, 0.15) is 57.9 Å². The Balaban J connectivity index is 1.71. The van der Waals surface area contributed by atoms with E-state index in [0.717, 1.165) is 24.1 Å². The summed E-state index contributed by atoms with van der Waals surface area (Å²) in [5.74, 6) is 0.918. The maximum atomic E-state index is 12.9. The van der Waals surface area contributed by atoms with Crippen LogP contribution in [0.2, 0.25) is 5.02 Å². The van der Waals surface area contributed by atoms with E-state index in [9.17, 15) is 4.79 Å². The summed E-state index contributed by atoms with van der Waals surface area (Å²) < 4.78 is 11.5. The van der Waals surface area contributed by atoms with Crippen LogP contribution in [0.25, 0.3) is 6.08 Å². The van der Waals surface area contributed by atoms with Crippen molar-refractivity contribution in [1.82, 2.24) is 0 Å². The molecule has 0 spiro atoms. The van der Waals surface area contributed by atoms with Crippen LogP contribution in [0.3, 0.4) is 0 Å². The van der Waals surface area contributed by atoms with Gasteiger partial charge in [-0.25, -0.2) is 0 Å². The number of amides is 1. The molecule has 2 aromatic carbocycles. The fourth-order valence-electron chi connectivity index (χ4n) is 3.61. The van der Waals surface area contributed by atoms with Crippen LogP contribution in [-0.4, -0.2) is 25.3 Å². The van der Waals surface area contributed by atoms with E-state index in [4.69, 9.17) is 21.1 Å². The minimum atomic E-state index is -0.174. The number of para-hydroxylation sites is 1. The van der Waals surface area contributed by atoms with E-state index in [0.29, 0.717) is 34.4 Å². The molecule has 1 aliphatic heterocycles. The van der Waals surface area contributed by atoms with E-state index >= 15 is 0 Å². The van der Waals surface area contributed by atoms with E-state index in [1.54, 1.807) is 19.3 Å². The molecule has 0 fully saturated rings. The lowest BCUT2D eigenvalue weighted by Gasteiger charge is -2.14. The van der Waals surface area contributed by atoms with Crippen molar-refractivity contribution < 1.29 is 14.3 Å². The Morgan fingerprint density at radius 2 is 1.78 bits per heavy atom. The average Bonchev–Trinajstić information content (AvgIpc) is 3.08. The van der Waals surface area contributed by atoms with Gasteiger partial charge in [0.2, 0.25) is 0 Å². The average molecular weight is 455 g/mol. The molecule has 6 heteroatoms. The number of unbranched alkanes of at least 4 members (excludes halogenated alkanes) is 5. The van der Waals surface area contributed by atoms with Gasteiger partial charge in [0.05, 0.1) is 35.7 Å². The maximum Gasteiger partial charge on any atom is 0.280 e. The molecule has 1 amide bonds.